The van der Waals surface area contributed by atoms with E-state index in [1.165, 1.54) is 6.92 Å². The summed E-state index contributed by atoms with van der Waals surface area (Å²) in [5.74, 6) is -4.70. The van der Waals surface area contributed by atoms with Crippen molar-refractivity contribution in [1.29, 1.82) is 0 Å². The van der Waals surface area contributed by atoms with E-state index in [-0.39, 0.29) is 18.8 Å². The van der Waals surface area contributed by atoms with Crippen LogP contribution in [-0.4, -0.2) is 70.6 Å². The molecule has 0 bridgehead atoms. The molecule has 0 aromatic rings. The molecule has 0 aromatic heterocycles. The monoisotopic (exact) mass is 445 g/mol. The number of carboxylic acid groups (broad SMARTS) is 2. The maximum Gasteiger partial charge on any atom is 0.326 e. The van der Waals surface area contributed by atoms with Crippen molar-refractivity contribution in [3.8, 4) is 0 Å². The Morgan fingerprint density at radius 3 is 1.87 bits per heavy atom. The highest BCUT2D eigenvalue weighted by Gasteiger charge is 2.29. The Morgan fingerprint density at radius 2 is 1.39 bits per heavy atom. The molecule has 0 saturated heterocycles. The fourth-order valence-corrected chi connectivity index (χ4v) is 2.53. The van der Waals surface area contributed by atoms with Crippen molar-refractivity contribution in [2.45, 2.75) is 77.0 Å². The molecule has 0 heterocycles. The van der Waals surface area contributed by atoms with Crippen molar-refractivity contribution in [3.05, 3.63) is 0 Å². The van der Waals surface area contributed by atoms with E-state index >= 15 is 0 Å². The lowest BCUT2D eigenvalue weighted by Gasteiger charge is -2.24. The smallest absolute Gasteiger partial charge is 0.326 e. The van der Waals surface area contributed by atoms with Crippen molar-refractivity contribution < 1.29 is 34.2 Å². The van der Waals surface area contributed by atoms with Gasteiger partial charge >= 0.3 is 11.9 Å². The summed E-state index contributed by atoms with van der Waals surface area (Å²) in [6, 6.07) is -4.37. The highest BCUT2D eigenvalue weighted by Crippen LogP contribution is 2.04. The van der Waals surface area contributed by atoms with E-state index in [0.29, 0.717) is 19.4 Å². The van der Waals surface area contributed by atoms with E-state index < -0.39 is 60.2 Å². The molecule has 9 N–H and O–H groups in total. The average Bonchev–Trinajstić information content (AvgIpc) is 2.68. The molecule has 0 saturated carbocycles. The van der Waals surface area contributed by atoms with Gasteiger partial charge in [-0.05, 0) is 45.1 Å². The lowest BCUT2D eigenvalue weighted by molar-refractivity contribution is -0.142. The molecule has 0 unspecified atom stereocenters. The number of hydrogen-bond acceptors (Lipinski definition) is 7. The van der Waals surface area contributed by atoms with Crippen LogP contribution >= 0.6 is 0 Å². The van der Waals surface area contributed by atoms with Gasteiger partial charge in [-0.3, -0.25) is 19.2 Å². The van der Waals surface area contributed by atoms with Crippen molar-refractivity contribution in [2.24, 2.45) is 17.4 Å². The van der Waals surface area contributed by atoms with E-state index in [9.17, 15) is 29.1 Å². The number of carboxylic acids is 2. The number of carbonyl (C=O) groups is 5. The highest BCUT2D eigenvalue weighted by atomic mass is 16.4. The second-order valence-corrected chi connectivity index (χ2v) is 7.68. The van der Waals surface area contributed by atoms with E-state index in [1.54, 1.807) is 13.8 Å². The van der Waals surface area contributed by atoms with Gasteiger partial charge in [-0.25, -0.2) is 4.79 Å². The molecule has 0 aliphatic rings. The predicted molar refractivity (Wildman–Crippen MR) is 112 cm³/mol. The van der Waals surface area contributed by atoms with Gasteiger partial charge < -0.3 is 37.6 Å². The second kappa shape index (κ2) is 14.3. The first-order valence-electron chi connectivity index (χ1n) is 10.2. The first-order valence-corrected chi connectivity index (χ1v) is 10.2. The molecule has 31 heavy (non-hydrogen) atoms. The quantitative estimate of drug-likeness (QED) is 0.146. The van der Waals surface area contributed by atoms with Crippen molar-refractivity contribution in [2.75, 3.05) is 6.54 Å². The third-order valence-corrected chi connectivity index (χ3v) is 4.61. The van der Waals surface area contributed by atoms with Gasteiger partial charge in [-0.15, -0.1) is 0 Å². The minimum Gasteiger partial charge on any atom is -0.481 e. The van der Waals surface area contributed by atoms with Gasteiger partial charge in [0.05, 0.1) is 6.04 Å². The summed E-state index contributed by atoms with van der Waals surface area (Å²) in [5, 5.41) is 25.3. The largest absolute Gasteiger partial charge is 0.481 e. The van der Waals surface area contributed by atoms with Crippen LogP contribution in [0.3, 0.4) is 0 Å². The molecule has 0 rings (SSSR count). The Labute approximate surface area is 181 Å². The van der Waals surface area contributed by atoms with Gasteiger partial charge in [0.1, 0.15) is 18.1 Å². The number of carbonyl (C=O) groups excluding carboxylic acids is 3. The van der Waals surface area contributed by atoms with Crippen LogP contribution in [0.2, 0.25) is 0 Å². The molecular weight excluding hydrogens is 410 g/mol. The van der Waals surface area contributed by atoms with Crippen LogP contribution in [0.1, 0.15) is 52.9 Å². The summed E-state index contributed by atoms with van der Waals surface area (Å²) in [4.78, 5) is 59.3. The summed E-state index contributed by atoms with van der Waals surface area (Å²) in [5.41, 5.74) is 11.1. The van der Waals surface area contributed by atoms with Crippen LogP contribution in [-0.2, 0) is 24.0 Å². The number of unbranched alkanes of at least 4 members (excludes halogenated alkanes) is 1. The predicted octanol–water partition coefficient (Wildman–Crippen LogP) is -1.48. The third kappa shape index (κ3) is 11.3. The maximum atomic E-state index is 12.6. The second-order valence-electron chi connectivity index (χ2n) is 7.68. The normalized spacial score (nSPS) is 14.8. The van der Waals surface area contributed by atoms with Crippen LogP contribution in [0.15, 0.2) is 0 Å². The van der Waals surface area contributed by atoms with Gasteiger partial charge in [-0.1, -0.05) is 13.8 Å². The average molecular weight is 446 g/mol. The van der Waals surface area contributed by atoms with Crippen molar-refractivity contribution in [3.63, 3.8) is 0 Å². The zero-order chi connectivity index (χ0) is 24.1. The number of amides is 3. The summed E-state index contributed by atoms with van der Waals surface area (Å²) < 4.78 is 0. The number of aliphatic carboxylic acids is 2. The Morgan fingerprint density at radius 1 is 0.806 bits per heavy atom. The first-order chi connectivity index (χ1) is 14.4. The molecule has 0 spiro atoms. The first kappa shape index (κ1) is 28.3. The maximum absolute atomic E-state index is 12.6. The summed E-state index contributed by atoms with van der Waals surface area (Å²) in [7, 11) is 0. The zero-order valence-electron chi connectivity index (χ0n) is 18.2. The van der Waals surface area contributed by atoms with Gasteiger partial charge in [0.15, 0.2) is 0 Å². The summed E-state index contributed by atoms with van der Waals surface area (Å²) >= 11 is 0. The van der Waals surface area contributed by atoms with Gasteiger partial charge in [-0.2, -0.15) is 0 Å². The lowest BCUT2D eigenvalue weighted by Crippen LogP contribution is -2.56. The van der Waals surface area contributed by atoms with Crippen LogP contribution in [0, 0.1) is 5.92 Å². The number of nitrogens with one attached hydrogen (secondary N) is 3. The summed E-state index contributed by atoms with van der Waals surface area (Å²) in [6.07, 6.45) is 0.702. The van der Waals surface area contributed by atoms with E-state index in [1.807, 2.05) is 0 Å². The standard InChI is InChI=1S/C19H35N5O7/c1-10(2)15(21)18(29)23-12(7-8-14(25)26)17(28)22-11(3)16(27)24-13(19(30)31)6-4-5-9-20/h10-13,15H,4-9,20-21H2,1-3H3,(H,22,28)(H,23,29)(H,24,27)(H,25,26)(H,30,31)/t11-,12-,13-,15-/m0/s1. The van der Waals surface area contributed by atoms with Crippen LogP contribution < -0.4 is 27.4 Å². The molecule has 178 valence electrons. The topological polar surface area (TPSA) is 214 Å². The van der Waals surface area contributed by atoms with Gasteiger partial charge in [0.2, 0.25) is 17.7 Å². The highest BCUT2D eigenvalue weighted by molar-refractivity contribution is 5.94. The summed E-state index contributed by atoms with van der Waals surface area (Å²) in [6.45, 7) is 5.18. The SMILES string of the molecule is CC(C)[C@H](N)C(=O)N[C@@H](CCC(=O)O)C(=O)N[C@@H](C)C(=O)N[C@@H](CCCCN)C(=O)O. The third-order valence-electron chi connectivity index (χ3n) is 4.61. The molecule has 3 amide bonds. The zero-order valence-corrected chi connectivity index (χ0v) is 18.2. The van der Waals surface area contributed by atoms with E-state index in [4.69, 9.17) is 16.6 Å². The Bertz CT molecular complexity index is 641. The lowest BCUT2D eigenvalue weighted by atomic mass is 10.0. The number of hydrogen-bond donors (Lipinski definition) is 7. The van der Waals surface area contributed by atoms with Gasteiger partial charge in [0, 0.05) is 6.42 Å². The Hall–Kier alpha value is -2.73. The molecule has 12 heteroatoms. The molecule has 0 aromatic carbocycles. The molecule has 12 nitrogen and oxygen atoms in total. The number of nitrogens with two attached hydrogens (primary N) is 2. The minimum atomic E-state index is -1.22. The molecule has 0 aliphatic carbocycles. The van der Waals surface area contributed by atoms with Crippen LogP contribution in [0.5, 0.6) is 0 Å². The van der Waals surface area contributed by atoms with E-state index in [0.717, 1.165) is 0 Å². The Kier molecular flexibility index (Phi) is 13.0. The molecule has 0 aliphatic heterocycles. The van der Waals surface area contributed by atoms with Crippen LogP contribution in [0.4, 0.5) is 0 Å². The molecule has 0 fully saturated rings. The van der Waals surface area contributed by atoms with Crippen molar-refractivity contribution >= 4 is 29.7 Å². The van der Waals surface area contributed by atoms with Crippen molar-refractivity contribution in [1.82, 2.24) is 16.0 Å². The molecular formula is C19H35N5O7. The van der Waals surface area contributed by atoms with Crippen LogP contribution in [0.25, 0.3) is 0 Å². The number of rotatable bonds is 15. The molecule has 0 radical (unpaired) electrons. The minimum absolute atomic E-state index is 0.184. The fraction of sp³-hybridized carbons (Fsp3) is 0.737. The van der Waals surface area contributed by atoms with Gasteiger partial charge in [0.25, 0.3) is 0 Å². The van der Waals surface area contributed by atoms with E-state index in [2.05, 4.69) is 16.0 Å². The Balaban J connectivity index is 5.06. The molecule has 4 atom stereocenters. The fourth-order valence-electron chi connectivity index (χ4n) is 2.53.